The highest BCUT2D eigenvalue weighted by atomic mass is 16.5. The largest absolute Gasteiger partial charge is 0.374 e. The van der Waals surface area contributed by atoms with Crippen molar-refractivity contribution >= 4 is 0 Å². The molecule has 0 amide bonds. The lowest BCUT2D eigenvalue weighted by molar-refractivity contribution is -0.0549. The summed E-state index contributed by atoms with van der Waals surface area (Å²) in [5.74, 6) is 0. The molecule has 1 N–H and O–H groups in total. The van der Waals surface area contributed by atoms with E-state index >= 15 is 0 Å². The highest BCUT2D eigenvalue weighted by Gasteiger charge is 2.32. The summed E-state index contributed by atoms with van der Waals surface area (Å²) in [6.45, 7) is 12.8. The molecule has 0 saturated carbocycles. The van der Waals surface area contributed by atoms with Gasteiger partial charge in [-0.05, 0) is 57.2 Å². The summed E-state index contributed by atoms with van der Waals surface area (Å²) >= 11 is 0. The SMILES string of the molecule is CCCNC(Cc1ccc(CC)cc1)C(C)(CC)OCC. The lowest BCUT2D eigenvalue weighted by Crippen LogP contribution is -2.51. The van der Waals surface area contributed by atoms with E-state index in [-0.39, 0.29) is 5.60 Å². The lowest BCUT2D eigenvalue weighted by Gasteiger charge is -2.37. The molecule has 120 valence electrons. The lowest BCUT2D eigenvalue weighted by atomic mass is 9.87. The van der Waals surface area contributed by atoms with Gasteiger partial charge in [0.15, 0.2) is 0 Å². The summed E-state index contributed by atoms with van der Waals surface area (Å²) in [7, 11) is 0. The van der Waals surface area contributed by atoms with Crippen molar-refractivity contribution < 1.29 is 4.74 Å². The van der Waals surface area contributed by atoms with Crippen LogP contribution in [-0.2, 0) is 17.6 Å². The molecule has 1 rings (SSSR count). The van der Waals surface area contributed by atoms with Crippen LogP contribution >= 0.6 is 0 Å². The second-order valence-electron chi connectivity index (χ2n) is 5.98. The molecule has 21 heavy (non-hydrogen) atoms. The molecule has 0 aliphatic heterocycles. The molecule has 0 aromatic heterocycles. The Balaban J connectivity index is 2.84. The summed E-state index contributed by atoms with van der Waals surface area (Å²) in [6, 6.07) is 9.38. The first kappa shape index (κ1) is 18.2. The van der Waals surface area contributed by atoms with Crippen LogP contribution in [0.25, 0.3) is 0 Å². The third-order valence-electron chi connectivity index (χ3n) is 4.42. The molecule has 0 saturated heterocycles. The van der Waals surface area contributed by atoms with Crippen LogP contribution in [0, 0.1) is 0 Å². The van der Waals surface area contributed by atoms with E-state index in [2.05, 4.69) is 64.2 Å². The van der Waals surface area contributed by atoms with Crippen LogP contribution in [0.5, 0.6) is 0 Å². The van der Waals surface area contributed by atoms with Gasteiger partial charge >= 0.3 is 0 Å². The standard InChI is InChI=1S/C19H33NO/c1-6-14-20-18(19(5,8-3)21-9-4)15-17-12-10-16(7-2)11-13-17/h10-13,18,20H,6-9,14-15H2,1-5H3. The van der Waals surface area contributed by atoms with Crippen LogP contribution in [0.15, 0.2) is 24.3 Å². The summed E-state index contributed by atoms with van der Waals surface area (Å²) in [5.41, 5.74) is 2.69. The van der Waals surface area contributed by atoms with E-state index in [1.54, 1.807) is 0 Å². The first-order chi connectivity index (χ1) is 10.1. The zero-order valence-electron chi connectivity index (χ0n) is 14.5. The van der Waals surface area contributed by atoms with Gasteiger partial charge in [-0.2, -0.15) is 0 Å². The highest BCUT2D eigenvalue weighted by Crippen LogP contribution is 2.23. The topological polar surface area (TPSA) is 21.3 Å². The molecular formula is C19H33NO. The Morgan fingerprint density at radius 2 is 1.67 bits per heavy atom. The van der Waals surface area contributed by atoms with Gasteiger partial charge in [0.05, 0.1) is 5.60 Å². The fraction of sp³-hybridized carbons (Fsp3) is 0.684. The van der Waals surface area contributed by atoms with Crippen molar-refractivity contribution in [2.24, 2.45) is 0 Å². The average Bonchev–Trinajstić information content (AvgIpc) is 2.52. The molecule has 2 heteroatoms. The minimum atomic E-state index is -0.104. The van der Waals surface area contributed by atoms with Crippen molar-refractivity contribution in [1.82, 2.24) is 5.32 Å². The van der Waals surface area contributed by atoms with Gasteiger partial charge in [0.2, 0.25) is 0 Å². The summed E-state index contributed by atoms with van der Waals surface area (Å²) < 4.78 is 6.09. The minimum Gasteiger partial charge on any atom is -0.374 e. The zero-order valence-corrected chi connectivity index (χ0v) is 14.5. The predicted molar refractivity (Wildman–Crippen MR) is 91.9 cm³/mol. The maximum atomic E-state index is 6.09. The van der Waals surface area contributed by atoms with Crippen LogP contribution in [0.2, 0.25) is 0 Å². The first-order valence-electron chi connectivity index (χ1n) is 8.54. The van der Waals surface area contributed by atoms with Crippen LogP contribution < -0.4 is 5.32 Å². The molecule has 0 spiro atoms. The predicted octanol–water partition coefficient (Wildman–Crippen LogP) is 4.36. The van der Waals surface area contributed by atoms with Crippen molar-refractivity contribution in [3.8, 4) is 0 Å². The van der Waals surface area contributed by atoms with Gasteiger partial charge in [0.25, 0.3) is 0 Å². The Kier molecular flexibility index (Phi) is 7.98. The van der Waals surface area contributed by atoms with Crippen molar-refractivity contribution in [3.63, 3.8) is 0 Å². The molecule has 0 radical (unpaired) electrons. The normalized spacial score (nSPS) is 15.7. The Labute approximate surface area is 131 Å². The number of hydrogen-bond acceptors (Lipinski definition) is 2. The van der Waals surface area contributed by atoms with E-state index in [0.717, 1.165) is 38.8 Å². The molecule has 0 bridgehead atoms. The van der Waals surface area contributed by atoms with Gasteiger partial charge < -0.3 is 10.1 Å². The molecule has 0 fully saturated rings. The molecule has 1 aromatic carbocycles. The van der Waals surface area contributed by atoms with E-state index in [1.807, 2.05) is 0 Å². The van der Waals surface area contributed by atoms with Gasteiger partial charge in [-0.15, -0.1) is 0 Å². The Morgan fingerprint density at radius 3 is 2.14 bits per heavy atom. The molecule has 0 aliphatic carbocycles. The molecule has 2 atom stereocenters. The molecule has 0 aliphatic rings. The van der Waals surface area contributed by atoms with E-state index in [0.29, 0.717) is 6.04 Å². The summed E-state index contributed by atoms with van der Waals surface area (Å²) in [5, 5.41) is 3.70. The molecule has 2 nitrogen and oxygen atoms in total. The van der Waals surface area contributed by atoms with Gasteiger partial charge in [-0.1, -0.05) is 45.0 Å². The second-order valence-corrected chi connectivity index (χ2v) is 5.98. The summed E-state index contributed by atoms with van der Waals surface area (Å²) in [4.78, 5) is 0. The first-order valence-corrected chi connectivity index (χ1v) is 8.54. The van der Waals surface area contributed by atoms with E-state index < -0.39 is 0 Å². The molecule has 1 aromatic rings. The maximum Gasteiger partial charge on any atom is 0.0807 e. The Bertz CT molecular complexity index is 387. The van der Waals surface area contributed by atoms with Crippen molar-refractivity contribution in [2.45, 2.75) is 71.9 Å². The monoisotopic (exact) mass is 291 g/mol. The van der Waals surface area contributed by atoms with Crippen LogP contribution in [0.4, 0.5) is 0 Å². The number of aryl methyl sites for hydroxylation is 1. The average molecular weight is 291 g/mol. The zero-order chi connectivity index (χ0) is 15.7. The molecule has 0 heterocycles. The van der Waals surface area contributed by atoms with E-state index in [1.165, 1.54) is 11.1 Å². The van der Waals surface area contributed by atoms with Crippen molar-refractivity contribution in [3.05, 3.63) is 35.4 Å². The molecular weight excluding hydrogens is 258 g/mol. The number of hydrogen-bond donors (Lipinski definition) is 1. The van der Waals surface area contributed by atoms with Crippen LogP contribution in [-0.4, -0.2) is 24.8 Å². The number of rotatable bonds is 10. The fourth-order valence-electron chi connectivity index (χ4n) is 2.75. The van der Waals surface area contributed by atoms with Crippen LogP contribution in [0.3, 0.4) is 0 Å². The van der Waals surface area contributed by atoms with Gasteiger partial charge in [-0.3, -0.25) is 0 Å². The third-order valence-corrected chi connectivity index (χ3v) is 4.42. The van der Waals surface area contributed by atoms with Crippen molar-refractivity contribution in [1.29, 1.82) is 0 Å². The third kappa shape index (κ3) is 5.44. The van der Waals surface area contributed by atoms with E-state index in [4.69, 9.17) is 4.74 Å². The van der Waals surface area contributed by atoms with Crippen LogP contribution in [0.1, 0.15) is 58.6 Å². The number of ether oxygens (including phenoxy) is 1. The second kappa shape index (κ2) is 9.22. The Hall–Kier alpha value is -0.860. The van der Waals surface area contributed by atoms with Gasteiger partial charge in [0, 0.05) is 12.6 Å². The fourth-order valence-corrected chi connectivity index (χ4v) is 2.75. The maximum absolute atomic E-state index is 6.09. The van der Waals surface area contributed by atoms with Crippen molar-refractivity contribution in [2.75, 3.05) is 13.2 Å². The minimum absolute atomic E-state index is 0.104. The van der Waals surface area contributed by atoms with Gasteiger partial charge in [-0.25, -0.2) is 0 Å². The highest BCUT2D eigenvalue weighted by molar-refractivity contribution is 5.23. The van der Waals surface area contributed by atoms with E-state index in [9.17, 15) is 0 Å². The number of benzene rings is 1. The molecule has 2 unspecified atom stereocenters. The quantitative estimate of drug-likeness (QED) is 0.691. The smallest absolute Gasteiger partial charge is 0.0807 e. The Morgan fingerprint density at radius 1 is 1.05 bits per heavy atom. The number of nitrogens with one attached hydrogen (secondary N) is 1. The summed E-state index contributed by atoms with van der Waals surface area (Å²) in [6.07, 6.45) is 4.30. The van der Waals surface area contributed by atoms with Gasteiger partial charge in [0.1, 0.15) is 0 Å².